The van der Waals surface area contributed by atoms with Crippen LogP contribution in [0.25, 0.3) is 55.6 Å². The minimum atomic E-state index is -0.290. The number of hydrogen-bond donors (Lipinski definition) is 6. The molecule has 11 rings (SSSR count). The highest BCUT2D eigenvalue weighted by Crippen LogP contribution is 2.54. The lowest BCUT2D eigenvalue weighted by atomic mass is 9.79. The largest absolute Gasteiger partial charge is 0.507 e. The number of aliphatic hydroxyl groups is 4. The van der Waals surface area contributed by atoms with Crippen LogP contribution in [-0.2, 0) is 61.9 Å². The van der Waals surface area contributed by atoms with Crippen molar-refractivity contribution in [1.82, 2.24) is 0 Å². The molecule has 352 valence electrons. The van der Waals surface area contributed by atoms with Gasteiger partial charge in [0.2, 0.25) is 0 Å². The zero-order valence-electron chi connectivity index (χ0n) is 40.8. The number of aryl methyl sites for hydroxylation is 2. The predicted octanol–water partition coefficient (Wildman–Crippen LogP) is 12.7. The van der Waals surface area contributed by atoms with Crippen molar-refractivity contribution < 1.29 is 30.6 Å². The highest BCUT2D eigenvalue weighted by atomic mass is 16.3. The second kappa shape index (κ2) is 16.7. The summed E-state index contributed by atoms with van der Waals surface area (Å²) in [5.41, 5.74) is 25.8. The summed E-state index contributed by atoms with van der Waals surface area (Å²) in [4.78, 5) is 0. The van der Waals surface area contributed by atoms with Gasteiger partial charge in [0, 0.05) is 38.5 Å². The van der Waals surface area contributed by atoms with E-state index in [0.29, 0.717) is 28.7 Å². The average Bonchev–Trinajstić information content (AvgIpc) is 3.84. The molecule has 0 heterocycles. The van der Waals surface area contributed by atoms with Crippen LogP contribution in [0.15, 0.2) is 133 Å². The first-order chi connectivity index (χ1) is 33.5. The first-order valence-electron chi connectivity index (χ1n) is 24.5. The van der Waals surface area contributed by atoms with Crippen LogP contribution in [-0.4, -0.2) is 30.6 Å². The molecule has 0 aromatic heterocycles. The zero-order valence-corrected chi connectivity index (χ0v) is 40.8. The molecule has 0 saturated heterocycles. The number of benzene rings is 8. The second-order valence-electron chi connectivity index (χ2n) is 21.5. The average molecular weight is 925 g/mol. The molecule has 0 aliphatic heterocycles. The summed E-state index contributed by atoms with van der Waals surface area (Å²) < 4.78 is 0. The summed E-state index contributed by atoms with van der Waals surface area (Å²) in [5, 5.41) is 60.1. The highest BCUT2D eigenvalue weighted by molar-refractivity contribution is 5.89. The van der Waals surface area contributed by atoms with Gasteiger partial charge in [-0.15, -0.1) is 0 Å². The van der Waals surface area contributed by atoms with Gasteiger partial charge in [-0.05, 0) is 179 Å². The molecule has 3 aliphatic rings. The summed E-state index contributed by atoms with van der Waals surface area (Å²) in [6, 6.07) is 48.8. The zero-order chi connectivity index (χ0) is 49.0. The fourth-order valence-corrected chi connectivity index (χ4v) is 12.2. The molecule has 0 spiro atoms. The van der Waals surface area contributed by atoms with Crippen LogP contribution in [0, 0.1) is 0 Å². The first-order valence-corrected chi connectivity index (χ1v) is 24.5. The maximum absolute atomic E-state index is 10.4. The van der Waals surface area contributed by atoms with Crippen LogP contribution in [0.5, 0.6) is 11.5 Å². The van der Waals surface area contributed by atoms with Crippen LogP contribution in [0.3, 0.4) is 0 Å². The smallest absolute Gasteiger partial charge is 0.126 e. The Hall–Kier alpha value is -6.80. The Bertz CT molecular complexity index is 3410. The van der Waals surface area contributed by atoms with E-state index in [-0.39, 0.29) is 54.2 Å². The third-order valence-electron chi connectivity index (χ3n) is 16.3. The third kappa shape index (κ3) is 7.14. The molecule has 0 unspecified atom stereocenters. The number of aromatic hydroxyl groups is 2. The van der Waals surface area contributed by atoms with E-state index in [0.717, 1.165) is 29.5 Å². The molecule has 0 amide bonds. The van der Waals surface area contributed by atoms with Crippen molar-refractivity contribution in [3.63, 3.8) is 0 Å². The van der Waals surface area contributed by atoms with Crippen molar-refractivity contribution in [2.24, 2.45) is 0 Å². The number of hydrogen-bond acceptors (Lipinski definition) is 6. The molecule has 6 heteroatoms. The summed E-state index contributed by atoms with van der Waals surface area (Å²) in [5.74, 6) is -0.0715. The van der Waals surface area contributed by atoms with Gasteiger partial charge in [0.05, 0.1) is 26.4 Å². The molecule has 6 N–H and O–H groups in total. The van der Waals surface area contributed by atoms with Gasteiger partial charge >= 0.3 is 0 Å². The van der Waals surface area contributed by atoms with Gasteiger partial charge in [-0.3, -0.25) is 0 Å². The fraction of sp³-hybridized carbons (Fsp3) is 0.250. The number of aliphatic hydroxyl groups excluding tert-OH is 4. The summed E-state index contributed by atoms with van der Waals surface area (Å²) in [7, 11) is 0. The molecular weight excluding hydrogens is 865 g/mol. The molecule has 70 heavy (non-hydrogen) atoms. The van der Waals surface area contributed by atoms with Gasteiger partial charge in [-0.25, -0.2) is 0 Å². The molecule has 3 aliphatic carbocycles. The summed E-state index contributed by atoms with van der Waals surface area (Å²) in [6.07, 6.45) is 2.15. The molecule has 8 aromatic rings. The van der Waals surface area contributed by atoms with E-state index in [2.05, 4.69) is 151 Å². The topological polar surface area (TPSA) is 121 Å². The Morgan fingerprint density at radius 2 is 0.571 bits per heavy atom. The third-order valence-corrected chi connectivity index (χ3v) is 16.3. The van der Waals surface area contributed by atoms with Crippen molar-refractivity contribution in [3.8, 4) is 67.1 Å². The van der Waals surface area contributed by atoms with E-state index in [1.54, 1.807) is 0 Å². The maximum Gasteiger partial charge on any atom is 0.126 e. The molecule has 0 radical (unpaired) electrons. The van der Waals surface area contributed by atoms with Gasteiger partial charge in [0.25, 0.3) is 0 Å². The van der Waals surface area contributed by atoms with E-state index in [1.807, 2.05) is 24.3 Å². The first kappa shape index (κ1) is 45.6. The van der Waals surface area contributed by atoms with E-state index in [9.17, 15) is 30.6 Å². The monoisotopic (exact) mass is 924 g/mol. The fourth-order valence-electron chi connectivity index (χ4n) is 12.2. The Kier molecular flexibility index (Phi) is 10.9. The van der Waals surface area contributed by atoms with E-state index < -0.39 is 0 Å². The van der Waals surface area contributed by atoms with E-state index >= 15 is 0 Å². The highest BCUT2D eigenvalue weighted by Gasteiger charge is 2.39. The van der Waals surface area contributed by atoms with Crippen molar-refractivity contribution in [2.45, 2.75) is 103 Å². The number of rotatable bonds is 11. The van der Waals surface area contributed by atoms with Crippen LogP contribution >= 0.6 is 0 Å². The van der Waals surface area contributed by atoms with Crippen molar-refractivity contribution in [1.29, 1.82) is 0 Å². The number of phenols is 2. The Labute approximate surface area is 410 Å². The van der Waals surface area contributed by atoms with Crippen LogP contribution in [0.1, 0.15) is 119 Å². The molecular formula is C64H60O6. The maximum atomic E-state index is 10.4. The number of fused-ring (bicyclic) bond motifs is 9. The quantitative estimate of drug-likeness (QED) is 0.0768. The SMILES string of the molecule is CC1(C)c2cc(CCc3cc(CO)c(O)c(CO)c3)ccc2-c2ccc(-c3ccc4c(c3)C(C)(C)c3cc(-c5ccc6c(c5)C(C)(C)c5cc(Cc7cc(CO)c(O)c(CO)c7)ccc5-6)ccc3-4)cc21. The van der Waals surface area contributed by atoms with Gasteiger partial charge < -0.3 is 30.6 Å². The normalized spacial score (nSPS) is 15.0. The van der Waals surface area contributed by atoms with Gasteiger partial charge in [-0.2, -0.15) is 0 Å². The van der Waals surface area contributed by atoms with Crippen LogP contribution in [0.2, 0.25) is 0 Å². The summed E-state index contributed by atoms with van der Waals surface area (Å²) in [6.45, 7) is 12.9. The lowest BCUT2D eigenvalue weighted by molar-refractivity contribution is 0.263. The van der Waals surface area contributed by atoms with E-state index in [4.69, 9.17) is 0 Å². The second-order valence-corrected chi connectivity index (χ2v) is 21.5. The molecule has 0 bridgehead atoms. The van der Waals surface area contributed by atoms with E-state index in [1.165, 1.54) is 94.6 Å². The molecule has 0 fully saturated rings. The van der Waals surface area contributed by atoms with Crippen molar-refractivity contribution in [3.05, 3.63) is 211 Å². The Morgan fingerprint density at radius 1 is 0.300 bits per heavy atom. The predicted molar refractivity (Wildman–Crippen MR) is 280 cm³/mol. The standard InChI is InChI=1S/C64H60O6/c1-62(2)54-26-36(7-8-38-22-44(32-65)60(69)45(23-38)33-66)9-15-48(54)50-17-11-40(28-56(50)62)42-13-19-52-53-20-14-43(31-59(53)64(5,6)58(52)30-42)41-12-18-51-49-16-10-37(27-55(49)63(3,4)57(51)29-41)21-39-24-46(34-67)61(70)47(25-39)35-68/h9-20,22-31,65-70H,7-8,21,32-35H2,1-6H3. The lowest BCUT2D eigenvalue weighted by Crippen LogP contribution is -2.16. The van der Waals surface area contributed by atoms with Gasteiger partial charge in [0.1, 0.15) is 11.5 Å². The molecule has 8 aromatic carbocycles. The van der Waals surface area contributed by atoms with Crippen LogP contribution < -0.4 is 0 Å². The minimum Gasteiger partial charge on any atom is -0.507 e. The van der Waals surface area contributed by atoms with Crippen molar-refractivity contribution >= 4 is 0 Å². The minimum absolute atomic E-state index is 0.0300. The van der Waals surface area contributed by atoms with Gasteiger partial charge in [-0.1, -0.05) is 126 Å². The van der Waals surface area contributed by atoms with Crippen molar-refractivity contribution in [2.75, 3.05) is 0 Å². The van der Waals surface area contributed by atoms with Gasteiger partial charge in [0.15, 0.2) is 0 Å². The lowest BCUT2D eigenvalue weighted by Gasteiger charge is -2.24. The Morgan fingerprint density at radius 3 is 0.914 bits per heavy atom. The Balaban J connectivity index is 0.841. The molecule has 0 atom stereocenters. The molecule has 0 saturated carbocycles. The van der Waals surface area contributed by atoms with Crippen LogP contribution in [0.4, 0.5) is 0 Å². The molecule has 6 nitrogen and oxygen atoms in total. The summed E-state index contributed by atoms with van der Waals surface area (Å²) >= 11 is 0.